The van der Waals surface area contributed by atoms with E-state index >= 15 is 0 Å². The Morgan fingerprint density at radius 1 is 1.39 bits per heavy atom. The lowest BCUT2D eigenvalue weighted by atomic mass is 9.85. The van der Waals surface area contributed by atoms with E-state index in [0.29, 0.717) is 17.5 Å². The lowest BCUT2D eigenvalue weighted by Gasteiger charge is -2.44. The molecule has 0 aliphatic carbocycles. The second-order valence-electron chi connectivity index (χ2n) is 6.36. The van der Waals surface area contributed by atoms with E-state index in [-0.39, 0.29) is 0 Å². The largest absolute Gasteiger partial charge is 0.380 e. The molecule has 1 rings (SSSR count). The molecule has 1 aliphatic heterocycles. The van der Waals surface area contributed by atoms with E-state index in [1.807, 2.05) is 6.08 Å². The van der Waals surface area contributed by atoms with E-state index in [1.54, 1.807) is 0 Å². The van der Waals surface area contributed by atoms with Crippen LogP contribution >= 0.6 is 0 Å². The Morgan fingerprint density at radius 2 is 2.11 bits per heavy atom. The SMILES string of the molecule is C=CCCOCCN1CC(C(C)(C)C)NCC1C. The molecular formula is C15H30N2O. The molecule has 1 N–H and O–H groups in total. The van der Waals surface area contributed by atoms with Crippen LogP contribution in [0, 0.1) is 5.41 Å². The van der Waals surface area contributed by atoms with Crippen molar-refractivity contribution in [3.05, 3.63) is 12.7 Å². The molecule has 0 amide bonds. The van der Waals surface area contributed by atoms with Crippen molar-refractivity contribution in [3.63, 3.8) is 0 Å². The van der Waals surface area contributed by atoms with Crippen molar-refractivity contribution in [1.29, 1.82) is 0 Å². The Morgan fingerprint density at radius 3 is 2.72 bits per heavy atom. The Balaban J connectivity index is 2.31. The number of hydrogen-bond donors (Lipinski definition) is 1. The minimum absolute atomic E-state index is 0.322. The smallest absolute Gasteiger partial charge is 0.0593 e. The molecule has 0 radical (unpaired) electrons. The first kappa shape index (κ1) is 15.7. The van der Waals surface area contributed by atoms with Crippen molar-refractivity contribution in [1.82, 2.24) is 10.2 Å². The predicted molar refractivity (Wildman–Crippen MR) is 77.9 cm³/mol. The molecule has 0 aromatic carbocycles. The van der Waals surface area contributed by atoms with Crippen molar-refractivity contribution in [2.45, 2.75) is 46.2 Å². The van der Waals surface area contributed by atoms with Crippen molar-refractivity contribution in [2.75, 3.05) is 32.8 Å². The molecule has 2 unspecified atom stereocenters. The van der Waals surface area contributed by atoms with E-state index in [2.05, 4.69) is 44.5 Å². The second kappa shape index (κ2) is 7.27. The number of hydrogen-bond acceptors (Lipinski definition) is 3. The highest BCUT2D eigenvalue weighted by Gasteiger charge is 2.31. The van der Waals surface area contributed by atoms with Gasteiger partial charge in [0, 0.05) is 31.7 Å². The summed E-state index contributed by atoms with van der Waals surface area (Å²) in [5, 5.41) is 3.65. The lowest BCUT2D eigenvalue weighted by molar-refractivity contribution is 0.0530. The standard InChI is InChI=1S/C15H30N2O/c1-6-7-9-18-10-8-17-12-14(15(3,4)5)16-11-13(17)2/h6,13-14,16H,1,7-12H2,2-5H3. The van der Waals surface area contributed by atoms with Crippen LogP contribution in [0.5, 0.6) is 0 Å². The predicted octanol–water partition coefficient (Wildman–Crippen LogP) is 2.29. The molecule has 0 bridgehead atoms. The highest BCUT2D eigenvalue weighted by molar-refractivity contribution is 4.90. The fourth-order valence-electron chi connectivity index (χ4n) is 2.26. The number of nitrogens with one attached hydrogen (secondary N) is 1. The first-order valence-corrected chi connectivity index (χ1v) is 7.11. The summed E-state index contributed by atoms with van der Waals surface area (Å²) < 4.78 is 5.61. The molecular weight excluding hydrogens is 224 g/mol. The summed E-state index contributed by atoms with van der Waals surface area (Å²) in [6.45, 7) is 17.8. The first-order valence-electron chi connectivity index (χ1n) is 7.11. The summed E-state index contributed by atoms with van der Waals surface area (Å²) in [6, 6.07) is 1.17. The molecule has 0 aromatic rings. The Labute approximate surface area is 113 Å². The average Bonchev–Trinajstić information content (AvgIpc) is 2.29. The first-order chi connectivity index (χ1) is 8.45. The van der Waals surface area contributed by atoms with E-state index in [9.17, 15) is 0 Å². The normalized spacial score (nSPS) is 26.2. The number of nitrogens with zero attached hydrogens (tertiary/aromatic N) is 1. The van der Waals surface area contributed by atoms with Gasteiger partial charge in [-0.1, -0.05) is 26.8 Å². The molecule has 0 aromatic heterocycles. The van der Waals surface area contributed by atoms with Gasteiger partial charge in [-0.25, -0.2) is 0 Å². The highest BCUT2D eigenvalue weighted by atomic mass is 16.5. The van der Waals surface area contributed by atoms with E-state index in [4.69, 9.17) is 4.74 Å². The Kier molecular flexibility index (Phi) is 6.33. The number of piperazine rings is 1. The van der Waals surface area contributed by atoms with Crippen LogP contribution in [0.4, 0.5) is 0 Å². The maximum absolute atomic E-state index is 5.61. The molecule has 0 spiro atoms. The molecule has 106 valence electrons. The molecule has 1 aliphatic rings. The van der Waals surface area contributed by atoms with Gasteiger partial charge in [-0.2, -0.15) is 0 Å². The van der Waals surface area contributed by atoms with E-state index in [1.165, 1.54) is 0 Å². The van der Waals surface area contributed by atoms with Gasteiger partial charge in [0.25, 0.3) is 0 Å². The second-order valence-corrected chi connectivity index (χ2v) is 6.36. The van der Waals surface area contributed by atoms with Crippen molar-refractivity contribution in [2.24, 2.45) is 5.41 Å². The lowest BCUT2D eigenvalue weighted by Crippen LogP contribution is -2.59. The van der Waals surface area contributed by atoms with Crippen LogP contribution in [0.1, 0.15) is 34.1 Å². The Hall–Kier alpha value is -0.380. The van der Waals surface area contributed by atoms with Gasteiger partial charge in [-0.3, -0.25) is 4.90 Å². The Bertz CT molecular complexity index is 247. The fraction of sp³-hybridized carbons (Fsp3) is 0.867. The molecule has 18 heavy (non-hydrogen) atoms. The van der Waals surface area contributed by atoms with Gasteiger partial charge < -0.3 is 10.1 Å². The van der Waals surface area contributed by atoms with Crippen molar-refractivity contribution < 1.29 is 4.74 Å². The molecule has 1 fully saturated rings. The van der Waals surface area contributed by atoms with Gasteiger partial charge in [0.15, 0.2) is 0 Å². The number of rotatable bonds is 6. The summed E-state index contributed by atoms with van der Waals surface area (Å²) >= 11 is 0. The average molecular weight is 254 g/mol. The van der Waals surface area contributed by atoms with Gasteiger partial charge in [0.1, 0.15) is 0 Å². The van der Waals surface area contributed by atoms with Gasteiger partial charge in [0.05, 0.1) is 13.2 Å². The molecule has 0 saturated carbocycles. The minimum Gasteiger partial charge on any atom is -0.380 e. The monoisotopic (exact) mass is 254 g/mol. The van der Waals surface area contributed by atoms with Crippen LogP contribution in [0.2, 0.25) is 0 Å². The number of ether oxygens (including phenoxy) is 1. The van der Waals surface area contributed by atoms with Crippen molar-refractivity contribution >= 4 is 0 Å². The van der Waals surface area contributed by atoms with Crippen LogP contribution in [-0.4, -0.2) is 49.8 Å². The zero-order valence-electron chi connectivity index (χ0n) is 12.5. The van der Waals surface area contributed by atoms with Crippen LogP contribution in [0.3, 0.4) is 0 Å². The maximum Gasteiger partial charge on any atom is 0.0593 e. The molecule has 1 saturated heterocycles. The topological polar surface area (TPSA) is 24.5 Å². The zero-order valence-corrected chi connectivity index (χ0v) is 12.5. The molecule has 1 heterocycles. The van der Waals surface area contributed by atoms with Crippen LogP contribution in [0.25, 0.3) is 0 Å². The minimum atomic E-state index is 0.322. The quantitative estimate of drug-likeness (QED) is 0.581. The third-order valence-electron chi connectivity index (χ3n) is 3.73. The van der Waals surface area contributed by atoms with Gasteiger partial charge in [0.2, 0.25) is 0 Å². The summed E-state index contributed by atoms with van der Waals surface area (Å²) in [5.41, 5.74) is 0.322. The van der Waals surface area contributed by atoms with Crippen LogP contribution in [0.15, 0.2) is 12.7 Å². The summed E-state index contributed by atoms with van der Waals surface area (Å²) in [4.78, 5) is 2.54. The third-order valence-corrected chi connectivity index (χ3v) is 3.73. The molecule has 2 atom stereocenters. The van der Waals surface area contributed by atoms with Gasteiger partial charge in [-0.15, -0.1) is 6.58 Å². The molecule has 3 nitrogen and oxygen atoms in total. The molecule has 3 heteroatoms. The third kappa shape index (κ3) is 5.09. The van der Waals surface area contributed by atoms with Crippen LogP contribution in [-0.2, 0) is 4.74 Å². The van der Waals surface area contributed by atoms with Crippen molar-refractivity contribution in [3.8, 4) is 0 Å². The maximum atomic E-state index is 5.61. The summed E-state index contributed by atoms with van der Waals surface area (Å²) in [5.74, 6) is 0. The fourth-order valence-corrected chi connectivity index (χ4v) is 2.26. The highest BCUT2D eigenvalue weighted by Crippen LogP contribution is 2.23. The summed E-state index contributed by atoms with van der Waals surface area (Å²) in [6.07, 6.45) is 2.85. The van der Waals surface area contributed by atoms with Crippen LogP contribution < -0.4 is 5.32 Å². The summed E-state index contributed by atoms with van der Waals surface area (Å²) in [7, 11) is 0. The van der Waals surface area contributed by atoms with Gasteiger partial charge >= 0.3 is 0 Å². The van der Waals surface area contributed by atoms with E-state index < -0.39 is 0 Å². The van der Waals surface area contributed by atoms with Gasteiger partial charge in [-0.05, 0) is 18.8 Å². The van der Waals surface area contributed by atoms with E-state index in [0.717, 1.165) is 39.3 Å². The zero-order chi connectivity index (χ0) is 13.6.